The Morgan fingerprint density at radius 3 is 2.80 bits per heavy atom. The van der Waals surface area contributed by atoms with Gasteiger partial charge in [-0.25, -0.2) is 11.4 Å². The van der Waals surface area contributed by atoms with E-state index in [1.807, 2.05) is 0 Å². The molecule has 1 aliphatic rings. The van der Waals surface area contributed by atoms with E-state index in [9.17, 15) is 9.59 Å². The maximum atomic E-state index is 11.2. The van der Waals surface area contributed by atoms with Crippen molar-refractivity contribution in [3.8, 4) is 0 Å². The summed E-state index contributed by atoms with van der Waals surface area (Å²) < 4.78 is 4.78. The van der Waals surface area contributed by atoms with E-state index in [0.29, 0.717) is 13.1 Å². The molecule has 0 unspecified atom stereocenters. The van der Waals surface area contributed by atoms with Crippen molar-refractivity contribution in [1.29, 1.82) is 0 Å². The van der Waals surface area contributed by atoms with Crippen LogP contribution in [-0.4, -0.2) is 43.0 Å². The number of rotatable bonds is 4. The van der Waals surface area contributed by atoms with Crippen LogP contribution in [0.3, 0.4) is 0 Å². The zero-order chi connectivity index (χ0) is 11.3. The first kappa shape index (κ1) is 11.2. The molecule has 1 fully saturated rings. The molecule has 0 aromatic rings. The predicted molar refractivity (Wildman–Crippen MR) is 53.1 cm³/mol. The molecular weight excluding hydrogens is 196 g/mol. The molecule has 1 amide bonds. The SMILES string of the molecule is [C-]#[N+]CC(=O)C1CN(C(=O)OCC=C)C1. The zero-order valence-electron chi connectivity index (χ0n) is 8.31. The van der Waals surface area contributed by atoms with E-state index in [1.54, 1.807) is 0 Å². The number of carbonyl (C=O) groups excluding carboxylic acids is 2. The molecule has 1 saturated heterocycles. The summed E-state index contributed by atoms with van der Waals surface area (Å²) in [5.41, 5.74) is 0. The van der Waals surface area contributed by atoms with Crippen molar-refractivity contribution >= 4 is 11.9 Å². The van der Waals surface area contributed by atoms with Crippen LogP contribution in [0.2, 0.25) is 0 Å². The van der Waals surface area contributed by atoms with Crippen molar-refractivity contribution < 1.29 is 14.3 Å². The minimum absolute atomic E-state index is 0.0970. The molecule has 0 aliphatic carbocycles. The highest BCUT2D eigenvalue weighted by atomic mass is 16.6. The summed E-state index contributed by atoms with van der Waals surface area (Å²) >= 11 is 0. The van der Waals surface area contributed by atoms with Gasteiger partial charge in [-0.05, 0) is 0 Å². The van der Waals surface area contributed by atoms with E-state index in [2.05, 4.69) is 11.4 Å². The van der Waals surface area contributed by atoms with Gasteiger partial charge in [-0.1, -0.05) is 12.7 Å². The minimum atomic E-state index is -0.429. The van der Waals surface area contributed by atoms with Gasteiger partial charge >= 0.3 is 6.09 Å². The highest BCUT2D eigenvalue weighted by Crippen LogP contribution is 2.17. The molecule has 80 valence electrons. The normalized spacial score (nSPS) is 15.0. The summed E-state index contributed by atoms with van der Waals surface area (Å²) in [5, 5.41) is 0. The second-order valence-corrected chi connectivity index (χ2v) is 3.25. The van der Waals surface area contributed by atoms with Crippen LogP contribution in [0.5, 0.6) is 0 Å². The Balaban J connectivity index is 2.25. The number of Topliss-reactive ketones (excluding diaryl/α,β-unsaturated/α-hetero) is 1. The smallest absolute Gasteiger partial charge is 0.410 e. The van der Waals surface area contributed by atoms with Crippen molar-refractivity contribution in [1.82, 2.24) is 4.90 Å². The number of amides is 1. The fourth-order valence-corrected chi connectivity index (χ4v) is 1.26. The molecular formula is C10H12N2O3. The fourth-order valence-electron chi connectivity index (χ4n) is 1.26. The van der Waals surface area contributed by atoms with Gasteiger partial charge in [0.15, 0.2) is 0 Å². The van der Waals surface area contributed by atoms with Crippen molar-refractivity contribution in [2.75, 3.05) is 26.2 Å². The van der Waals surface area contributed by atoms with E-state index in [-0.39, 0.29) is 24.9 Å². The molecule has 0 N–H and O–H groups in total. The summed E-state index contributed by atoms with van der Waals surface area (Å²) in [6.45, 7) is 10.8. The molecule has 5 heteroatoms. The zero-order valence-corrected chi connectivity index (χ0v) is 8.31. The van der Waals surface area contributed by atoms with Crippen molar-refractivity contribution in [2.45, 2.75) is 0 Å². The quantitative estimate of drug-likeness (QED) is 0.505. The van der Waals surface area contributed by atoms with Gasteiger partial charge in [-0.3, -0.25) is 4.79 Å². The van der Waals surface area contributed by atoms with Crippen molar-refractivity contribution in [3.63, 3.8) is 0 Å². The summed E-state index contributed by atoms with van der Waals surface area (Å²) in [6.07, 6.45) is 1.06. The average molecular weight is 208 g/mol. The lowest BCUT2D eigenvalue weighted by atomic mass is 9.96. The van der Waals surface area contributed by atoms with Crippen LogP contribution in [0.4, 0.5) is 4.79 Å². The Hall–Kier alpha value is -1.83. The second kappa shape index (κ2) is 5.15. The average Bonchev–Trinajstić information content (AvgIpc) is 2.12. The third-order valence-electron chi connectivity index (χ3n) is 2.15. The van der Waals surface area contributed by atoms with Gasteiger partial charge < -0.3 is 14.5 Å². The molecule has 0 spiro atoms. The Morgan fingerprint density at radius 1 is 1.60 bits per heavy atom. The lowest BCUT2D eigenvalue weighted by molar-refractivity contribution is -0.125. The van der Waals surface area contributed by atoms with E-state index in [1.165, 1.54) is 11.0 Å². The topological polar surface area (TPSA) is 51.0 Å². The van der Waals surface area contributed by atoms with Crippen LogP contribution in [0, 0.1) is 12.5 Å². The molecule has 0 aromatic heterocycles. The number of likely N-dealkylation sites (tertiary alicyclic amines) is 1. The molecule has 1 aliphatic heterocycles. The van der Waals surface area contributed by atoms with Crippen molar-refractivity contribution in [3.05, 3.63) is 24.1 Å². The number of hydrogen-bond acceptors (Lipinski definition) is 3. The van der Waals surface area contributed by atoms with E-state index >= 15 is 0 Å². The predicted octanol–water partition coefficient (Wildman–Crippen LogP) is 0.729. The molecule has 0 saturated carbocycles. The molecule has 0 atom stereocenters. The minimum Gasteiger partial charge on any atom is -0.445 e. The number of hydrogen-bond donors (Lipinski definition) is 0. The monoisotopic (exact) mass is 208 g/mol. The first-order valence-electron chi connectivity index (χ1n) is 4.57. The molecule has 0 aromatic carbocycles. The third kappa shape index (κ3) is 2.81. The van der Waals surface area contributed by atoms with Gasteiger partial charge in [-0.15, -0.1) is 0 Å². The van der Waals surface area contributed by atoms with Crippen molar-refractivity contribution in [2.24, 2.45) is 5.92 Å². The third-order valence-corrected chi connectivity index (χ3v) is 2.15. The highest BCUT2D eigenvalue weighted by molar-refractivity contribution is 5.87. The first-order valence-corrected chi connectivity index (χ1v) is 4.57. The number of ketones is 1. The Morgan fingerprint density at radius 2 is 2.27 bits per heavy atom. The van der Waals surface area contributed by atoms with Crippen LogP contribution >= 0.6 is 0 Å². The molecule has 0 radical (unpaired) electrons. The number of carbonyl (C=O) groups is 2. The molecule has 1 rings (SSSR count). The van der Waals surface area contributed by atoms with Gasteiger partial charge in [-0.2, -0.15) is 0 Å². The maximum Gasteiger partial charge on any atom is 0.410 e. The lowest BCUT2D eigenvalue weighted by Gasteiger charge is -2.36. The van der Waals surface area contributed by atoms with E-state index in [4.69, 9.17) is 11.3 Å². The van der Waals surface area contributed by atoms with Gasteiger partial charge in [0.25, 0.3) is 6.54 Å². The van der Waals surface area contributed by atoms with Gasteiger partial charge in [0.05, 0.1) is 5.92 Å². The van der Waals surface area contributed by atoms with Crippen LogP contribution in [-0.2, 0) is 9.53 Å². The van der Waals surface area contributed by atoms with Crippen LogP contribution in [0.1, 0.15) is 0 Å². The molecule has 15 heavy (non-hydrogen) atoms. The van der Waals surface area contributed by atoms with Gasteiger partial charge in [0.2, 0.25) is 5.78 Å². The van der Waals surface area contributed by atoms with Gasteiger partial charge in [0.1, 0.15) is 6.61 Å². The molecule has 5 nitrogen and oxygen atoms in total. The standard InChI is InChI=1S/C10H12N2O3/c1-3-4-15-10(14)12-6-8(7-12)9(13)5-11-2/h3,8H,1,4-7H2. The maximum absolute atomic E-state index is 11.2. The number of nitrogens with zero attached hydrogens (tertiary/aromatic N) is 2. The fraction of sp³-hybridized carbons (Fsp3) is 0.500. The van der Waals surface area contributed by atoms with Gasteiger partial charge in [0, 0.05) is 13.1 Å². The first-order chi connectivity index (χ1) is 7.19. The van der Waals surface area contributed by atoms with E-state index in [0.717, 1.165) is 0 Å². The summed E-state index contributed by atoms with van der Waals surface area (Å²) in [5.74, 6) is -0.284. The van der Waals surface area contributed by atoms with Crippen LogP contribution in [0.15, 0.2) is 12.7 Å². The highest BCUT2D eigenvalue weighted by Gasteiger charge is 2.37. The summed E-state index contributed by atoms with van der Waals surface area (Å²) in [4.78, 5) is 26.8. The van der Waals surface area contributed by atoms with Crippen LogP contribution in [0.25, 0.3) is 4.85 Å². The Bertz CT molecular complexity index is 313. The molecule has 1 heterocycles. The summed E-state index contributed by atoms with van der Waals surface area (Å²) in [7, 11) is 0. The summed E-state index contributed by atoms with van der Waals surface area (Å²) in [6, 6.07) is 0. The van der Waals surface area contributed by atoms with E-state index < -0.39 is 6.09 Å². The molecule has 0 bridgehead atoms. The second-order valence-electron chi connectivity index (χ2n) is 3.25. The largest absolute Gasteiger partial charge is 0.445 e. The number of ether oxygens (including phenoxy) is 1. The lowest BCUT2D eigenvalue weighted by Crippen LogP contribution is -2.53. The van der Waals surface area contributed by atoms with Crippen LogP contribution < -0.4 is 0 Å². The Kier molecular flexibility index (Phi) is 3.86. The Labute approximate surface area is 88.1 Å².